The van der Waals surface area contributed by atoms with Crippen molar-refractivity contribution >= 4 is 0 Å². The summed E-state index contributed by atoms with van der Waals surface area (Å²) in [5, 5.41) is 3.57. The molecule has 0 radical (unpaired) electrons. The monoisotopic (exact) mass is 212 g/mol. The second-order valence-electron chi connectivity index (χ2n) is 4.90. The van der Waals surface area contributed by atoms with Gasteiger partial charge in [0.15, 0.2) is 0 Å². The van der Waals surface area contributed by atoms with Crippen LogP contribution < -0.4 is 5.32 Å². The largest absolute Gasteiger partial charge is 0.314 e. The molecule has 2 nitrogen and oxygen atoms in total. The zero-order valence-electron chi connectivity index (χ0n) is 10.8. The van der Waals surface area contributed by atoms with Crippen LogP contribution in [0.2, 0.25) is 0 Å². The van der Waals surface area contributed by atoms with Gasteiger partial charge in [-0.3, -0.25) is 0 Å². The number of nitrogens with zero attached hydrogens (tertiary/aromatic N) is 1. The van der Waals surface area contributed by atoms with Gasteiger partial charge in [-0.25, -0.2) is 0 Å². The molecule has 1 saturated carbocycles. The van der Waals surface area contributed by atoms with Crippen LogP contribution in [-0.2, 0) is 0 Å². The molecule has 1 rings (SSSR count). The van der Waals surface area contributed by atoms with E-state index >= 15 is 0 Å². The maximum atomic E-state index is 3.57. The molecule has 1 aliphatic carbocycles. The number of unbranched alkanes of at least 4 members (excludes halogenated alkanes) is 1. The van der Waals surface area contributed by atoms with E-state index in [2.05, 4.69) is 31.1 Å². The smallest absolute Gasteiger partial charge is 0.00933 e. The topological polar surface area (TPSA) is 15.3 Å². The number of hydrogen-bond acceptors (Lipinski definition) is 2. The third-order valence-electron chi connectivity index (χ3n) is 3.68. The summed E-state index contributed by atoms with van der Waals surface area (Å²) < 4.78 is 0. The number of rotatable bonds is 6. The van der Waals surface area contributed by atoms with E-state index in [1.165, 1.54) is 45.1 Å². The Morgan fingerprint density at radius 2 is 1.80 bits per heavy atom. The molecular weight excluding hydrogens is 184 g/mol. The van der Waals surface area contributed by atoms with Crippen molar-refractivity contribution in [2.75, 3.05) is 20.1 Å². The van der Waals surface area contributed by atoms with Crippen molar-refractivity contribution in [3.8, 4) is 0 Å². The van der Waals surface area contributed by atoms with Gasteiger partial charge in [-0.2, -0.15) is 0 Å². The van der Waals surface area contributed by atoms with Gasteiger partial charge in [-0.1, -0.05) is 20.3 Å². The molecular formula is C13H28N2. The third kappa shape index (κ3) is 4.52. The van der Waals surface area contributed by atoms with Gasteiger partial charge in [0.1, 0.15) is 0 Å². The Morgan fingerprint density at radius 1 is 1.13 bits per heavy atom. The van der Waals surface area contributed by atoms with E-state index in [1.54, 1.807) is 0 Å². The highest BCUT2D eigenvalue weighted by Gasteiger charge is 2.22. The second-order valence-corrected chi connectivity index (χ2v) is 4.90. The molecule has 1 aliphatic rings. The van der Waals surface area contributed by atoms with Crippen LogP contribution in [0.4, 0.5) is 0 Å². The Labute approximate surface area is 95.4 Å². The molecule has 0 amide bonds. The minimum atomic E-state index is 0.797. The summed E-state index contributed by atoms with van der Waals surface area (Å²) in [6.45, 7) is 6.89. The fourth-order valence-corrected chi connectivity index (χ4v) is 2.60. The van der Waals surface area contributed by atoms with Crippen molar-refractivity contribution in [2.24, 2.45) is 0 Å². The zero-order chi connectivity index (χ0) is 11.1. The van der Waals surface area contributed by atoms with Gasteiger partial charge in [-0.15, -0.1) is 0 Å². The quantitative estimate of drug-likeness (QED) is 0.728. The summed E-state index contributed by atoms with van der Waals surface area (Å²) in [6.07, 6.45) is 8.18. The number of nitrogens with one attached hydrogen (secondary N) is 1. The van der Waals surface area contributed by atoms with E-state index in [9.17, 15) is 0 Å². The maximum Gasteiger partial charge on any atom is 0.00933 e. The predicted molar refractivity (Wildman–Crippen MR) is 67.3 cm³/mol. The van der Waals surface area contributed by atoms with E-state index in [4.69, 9.17) is 0 Å². The molecule has 1 fully saturated rings. The number of hydrogen-bond donors (Lipinski definition) is 1. The first-order chi connectivity index (χ1) is 7.27. The molecule has 2 heteroatoms. The van der Waals surface area contributed by atoms with Crippen LogP contribution in [0.15, 0.2) is 0 Å². The molecule has 0 aromatic carbocycles. The Kier molecular flexibility index (Phi) is 6.26. The van der Waals surface area contributed by atoms with Crippen LogP contribution >= 0.6 is 0 Å². The fourth-order valence-electron chi connectivity index (χ4n) is 2.60. The van der Waals surface area contributed by atoms with Gasteiger partial charge in [-0.05, 0) is 52.2 Å². The molecule has 90 valence electrons. The Bertz CT molecular complexity index is 151. The highest BCUT2D eigenvalue weighted by Crippen LogP contribution is 2.22. The molecule has 0 atom stereocenters. The van der Waals surface area contributed by atoms with E-state index in [0.717, 1.165) is 18.6 Å². The van der Waals surface area contributed by atoms with Crippen molar-refractivity contribution in [3.05, 3.63) is 0 Å². The van der Waals surface area contributed by atoms with Gasteiger partial charge in [0.2, 0.25) is 0 Å². The molecule has 15 heavy (non-hydrogen) atoms. The molecule has 0 saturated heterocycles. The van der Waals surface area contributed by atoms with Crippen molar-refractivity contribution in [2.45, 2.75) is 64.5 Å². The molecule has 0 aromatic heterocycles. The van der Waals surface area contributed by atoms with Crippen LogP contribution in [0.25, 0.3) is 0 Å². The molecule has 0 heterocycles. The van der Waals surface area contributed by atoms with E-state index in [-0.39, 0.29) is 0 Å². The first-order valence-electron chi connectivity index (χ1n) is 6.71. The van der Waals surface area contributed by atoms with E-state index < -0.39 is 0 Å². The normalized spacial score (nSPS) is 27.2. The van der Waals surface area contributed by atoms with Crippen molar-refractivity contribution in [1.82, 2.24) is 10.2 Å². The average Bonchev–Trinajstić information content (AvgIpc) is 2.27. The van der Waals surface area contributed by atoms with Gasteiger partial charge >= 0.3 is 0 Å². The highest BCUT2D eigenvalue weighted by molar-refractivity contribution is 4.81. The average molecular weight is 212 g/mol. The standard InChI is InChI=1S/C13H28N2/c1-4-6-11-15(3)13-9-7-12(8-10-13)14-5-2/h12-14H,4-11H2,1-3H3. The molecule has 0 bridgehead atoms. The first-order valence-corrected chi connectivity index (χ1v) is 6.71. The van der Waals surface area contributed by atoms with Crippen LogP contribution in [0.3, 0.4) is 0 Å². The molecule has 0 unspecified atom stereocenters. The zero-order valence-corrected chi connectivity index (χ0v) is 10.8. The Morgan fingerprint density at radius 3 is 2.33 bits per heavy atom. The lowest BCUT2D eigenvalue weighted by Gasteiger charge is -2.35. The molecule has 1 N–H and O–H groups in total. The molecule has 0 spiro atoms. The summed E-state index contributed by atoms with van der Waals surface area (Å²) in [5.41, 5.74) is 0. The SMILES string of the molecule is CCCCN(C)C1CCC(NCC)CC1. The summed E-state index contributed by atoms with van der Waals surface area (Å²) in [5.74, 6) is 0. The first kappa shape index (κ1) is 13.0. The van der Waals surface area contributed by atoms with Crippen LogP contribution in [0.5, 0.6) is 0 Å². The predicted octanol–water partition coefficient (Wildman–Crippen LogP) is 2.64. The summed E-state index contributed by atoms with van der Waals surface area (Å²) in [6, 6.07) is 1.65. The lowest BCUT2D eigenvalue weighted by atomic mass is 9.90. The van der Waals surface area contributed by atoms with Crippen molar-refractivity contribution in [3.63, 3.8) is 0 Å². The third-order valence-corrected chi connectivity index (χ3v) is 3.68. The van der Waals surface area contributed by atoms with Gasteiger partial charge in [0, 0.05) is 12.1 Å². The van der Waals surface area contributed by atoms with Crippen LogP contribution in [-0.4, -0.2) is 37.1 Å². The summed E-state index contributed by atoms with van der Waals surface area (Å²) >= 11 is 0. The minimum Gasteiger partial charge on any atom is -0.314 e. The van der Waals surface area contributed by atoms with Crippen LogP contribution in [0, 0.1) is 0 Å². The lowest BCUT2D eigenvalue weighted by molar-refractivity contribution is 0.173. The highest BCUT2D eigenvalue weighted by atomic mass is 15.1. The van der Waals surface area contributed by atoms with E-state index in [0.29, 0.717) is 0 Å². The molecule has 0 aromatic rings. The minimum absolute atomic E-state index is 0.797. The second kappa shape index (κ2) is 7.24. The van der Waals surface area contributed by atoms with Crippen molar-refractivity contribution in [1.29, 1.82) is 0 Å². The Balaban J connectivity index is 2.18. The summed E-state index contributed by atoms with van der Waals surface area (Å²) in [4.78, 5) is 2.58. The Hall–Kier alpha value is -0.0800. The fraction of sp³-hybridized carbons (Fsp3) is 1.00. The van der Waals surface area contributed by atoms with Gasteiger partial charge < -0.3 is 10.2 Å². The van der Waals surface area contributed by atoms with E-state index in [1.807, 2.05) is 0 Å². The van der Waals surface area contributed by atoms with Gasteiger partial charge in [0.05, 0.1) is 0 Å². The van der Waals surface area contributed by atoms with Crippen LogP contribution in [0.1, 0.15) is 52.4 Å². The van der Waals surface area contributed by atoms with Crippen molar-refractivity contribution < 1.29 is 0 Å². The summed E-state index contributed by atoms with van der Waals surface area (Å²) in [7, 11) is 2.30. The van der Waals surface area contributed by atoms with Gasteiger partial charge in [0.25, 0.3) is 0 Å². The molecule has 0 aliphatic heterocycles. The maximum absolute atomic E-state index is 3.57. The lowest BCUT2D eigenvalue weighted by Crippen LogP contribution is -2.41.